The first-order valence-electron chi connectivity index (χ1n) is 6.24. The van der Waals surface area contributed by atoms with Gasteiger partial charge < -0.3 is 9.47 Å². The molecule has 4 heteroatoms. The molecular weight excluding hydrogens is 244 g/mol. The van der Waals surface area contributed by atoms with Gasteiger partial charge in [0.2, 0.25) is 0 Å². The highest BCUT2D eigenvalue weighted by molar-refractivity contribution is 5.96. The molecule has 2 unspecified atom stereocenters. The molecule has 0 aromatic heterocycles. The summed E-state index contributed by atoms with van der Waals surface area (Å²) < 4.78 is 9.73. The summed E-state index contributed by atoms with van der Waals surface area (Å²) in [5.41, 5.74) is 0.629. The van der Waals surface area contributed by atoms with E-state index in [2.05, 4.69) is 4.74 Å². The number of ketones is 1. The van der Waals surface area contributed by atoms with E-state index in [9.17, 15) is 9.59 Å². The van der Waals surface area contributed by atoms with Crippen molar-refractivity contribution in [2.45, 2.75) is 20.3 Å². The fourth-order valence-electron chi connectivity index (χ4n) is 1.78. The third-order valence-electron chi connectivity index (χ3n) is 3.35. The standard InChI is InChI=1S/C15H20O4/c1-10(11(2)15(17)19-4)9-14(16)12-5-7-13(18-3)8-6-12/h5-8,10-11H,9H2,1-4H3. The topological polar surface area (TPSA) is 52.6 Å². The Bertz CT molecular complexity index is 436. The van der Waals surface area contributed by atoms with Crippen molar-refractivity contribution < 1.29 is 19.1 Å². The molecule has 0 heterocycles. The van der Waals surface area contributed by atoms with Gasteiger partial charge in [-0.2, -0.15) is 0 Å². The molecule has 1 rings (SSSR count). The maximum Gasteiger partial charge on any atom is 0.308 e. The van der Waals surface area contributed by atoms with Crippen molar-refractivity contribution >= 4 is 11.8 Å². The second kappa shape index (κ2) is 6.92. The van der Waals surface area contributed by atoms with E-state index in [0.29, 0.717) is 17.7 Å². The number of ether oxygens (including phenoxy) is 2. The van der Waals surface area contributed by atoms with Crippen LogP contribution >= 0.6 is 0 Å². The van der Waals surface area contributed by atoms with Gasteiger partial charge in [-0.3, -0.25) is 9.59 Å². The SMILES string of the molecule is COC(=O)C(C)C(C)CC(=O)c1ccc(OC)cc1. The van der Waals surface area contributed by atoms with Gasteiger partial charge in [-0.15, -0.1) is 0 Å². The number of benzene rings is 1. The molecule has 0 bridgehead atoms. The molecule has 0 aliphatic carbocycles. The normalized spacial score (nSPS) is 13.5. The average Bonchev–Trinajstić information content (AvgIpc) is 2.45. The third-order valence-corrected chi connectivity index (χ3v) is 3.35. The zero-order valence-electron chi connectivity index (χ0n) is 11.8. The van der Waals surface area contributed by atoms with Gasteiger partial charge in [0.15, 0.2) is 5.78 Å². The summed E-state index contributed by atoms with van der Waals surface area (Å²) in [6, 6.07) is 6.97. The van der Waals surface area contributed by atoms with Crippen LogP contribution in [0.2, 0.25) is 0 Å². The molecule has 0 radical (unpaired) electrons. The van der Waals surface area contributed by atoms with Gasteiger partial charge >= 0.3 is 5.97 Å². The van der Waals surface area contributed by atoms with Crippen LogP contribution in [0.3, 0.4) is 0 Å². The maximum atomic E-state index is 12.1. The first kappa shape index (κ1) is 15.2. The van der Waals surface area contributed by atoms with Crippen LogP contribution in [0.1, 0.15) is 30.6 Å². The summed E-state index contributed by atoms with van der Waals surface area (Å²) in [5, 5.41) is 0. The molecule has 0 aliphatic heterocycles. The molecule has 2 atom stereocenters. The van der Waals surface area contributed by atoms with Gasteiger partial charge in [0.05, 0.1) is 20.1 Å². The number of hydrogen-bond donors (Lipinski definition) is 0. The summed E-state index contributed by atoms with van der Waals surface area (Å²) in [7, 11) is 2.94. The van der Waals surface area contributed by atoms with E-state index >= 15 is 0 Å². The lowest BCUT2D eigenvalue weighted by Crippen LogP contribution is -2.22. The van der Waals surface area contributed by atoms with Gasteiger partial charge in [0.25, 0.3) is 0 Å². The van der Waals surface area contributed by atoms with Gasteiger partial charge in [-0.05, 0) is 30.2 Å². The van der Waals surface area contributed by atoms with E-state index in [-0.39, 0.29) is 23.6 Å². The predicted octanol–water partition coefficient (Wildman–Crippen LogP) is 2.71. The molecule has 0 saturated heterocycles. The number of hydrogen-bond acceptors (Lipinski definition) is 4. The van der Waals surface area contributed by atoms with E-state index in [1.165, 1.54) is 7.11 Å². The first-order valence-corrected chi connectivity index (χ1v) is 6.24. The fourth-order valence-corrected chi connectivity index (χ4v) is 1.78. The van der Waals surface area contributed by atoms with Crippen molar-refractivity contribution in [1.29, 1.82) is 0 Å². The maximum absolute atomic E-state index is 12.1. The van der Waals surface area contributed by atoms with Crippen LogP contribution in [0.5, 0.6) is 5.75 Å². The van der Waals surface area contributed by atoms with Gasteiger partial charge in [0, 0.05) is 12.0 Å². The summed E-state index contributed by atoms with van der Waals surface area (Å²) in [4.78, 5) is 23.5. The second-order valence-electron chi connectivity index (χ2n) is 4.64. The number of rotatable bonds is 6. The fraction of sp³-hybridized carbons (Fsp3) is 0.467. The monoisotopic (exact) mass is 264 g/mol. The Kier molecular flexibility index (Phi) is 5.55. The molecule has 4 nitrogen and oxygen atoms in total. The van der Waals surface area contributed by atoms with Crippen LogP contribution in [0.4, 0.5) is 0 Å². The lowest BCUT2D eigenvalue weighted by molar-refractivity contribution is -0.146. The van der Waals surface area contributed by atoms with Crippen molar-refractivity contribution in [1.82, 2.24) is 0 Å². The highest BCUT2D eigenvalue weighted by Gasteiger charge is 2.23. The predicted molar refractivity (Wildman–Crippen MR) is 72.3 cm³/mol. The molecule has 104 valence electrons. The smallest absolute Gasteiger partial charge is 0.308 e. The summed E-state index contributed by atoms with van der Waals surface area (Å²) >= 11 is 0. The Morgan fingerprint density at radius 2 is 1.68 bits per heavy atom. The van der Waals surface area contributed by atoms with Gasteiger partial charge in [0.1, 0.15) is 5.75 Å². The largest absolute Gasteiger partial charge is 0.497 e. The molecule has 0 N–H and O–H groups in total. The number of methoxy groups -OCH3 is 2. The average molecular weight is 264 g/mol. The van der Waals surface area contributed by atoms with Gasteiger partial charge in [-0.1, -0.05) is 13.8 Å². The van der Waals surface area contributed by atoms with Crippen LogP contribution in [0.15, 0.2) is 24.3 Å². The Labute approximate surface area is 113 Å². The van der Waals surface area contributed by atoms with Crippen LogP contribution in [-0.2, 0) is 9.53 Å². The van der Waals surface area contributed by atoms with Gasteiger partial charge in [-0.25, -0.2) is 0 Å². The Hall–Kier alpha value is -1.84. The first-order chi connectivity index (χ1) is 8.99. The summed E-state index contributed by atoms with van der Waals surface area (Å²) in [5.74, 6) is 0.114. The van der Waals surface area contributed by atoms with E-state index in [4.69, 9.17) is 4.74 Å². The third kappa shape index (κ3) is 4.09. The van der Waals surface area contributed by atoms with Crippen molar-refractivity contribution in [2.24, 2.45) is 11.8 Å². The molecule has 19 heavy (non-hydrogen) atoms. The quantitative estimate of drug-likeness (QED) is 0.585. The number of carbonyl (C=O) groups is 2. The van der Waals surface area contributed by atoms with Crippen molar-refractivity contribution in [2.75, 3.05) is 14.2 Å². The van der Waals surface area contributed by atoms with E-state index in [1.54, 1.807) is 38.3 Å². The lowest BCUT2D eigenvalue weighted by Gasteiger charge is -2.16. The summed E-state index contributed by atoms with van der Waals surface area (Å²) in [6.07, 6.45) is 0.322. The second-order valence-corrected chi connectivity index (χ2v) is 4.64. The zero-order chi connectivity index (χ0) is 14.4. The molecule has 0 spiro atoms. The summed E-state index contributed by atoms with van der Waals surface area (Å²) in [6.45, 7) is 3.65. The highest BCUT2D eigenvalue weighted by Crippen LogP contribution is 2.20. The number of esters is 1. The minimum atomic E-state index is -0.285. The molecule has 0 fully saturated rings. The highest BCUT2D eigenvalue weighted by atomic mass is 16.5. The number of Topliss-reactive ketones (excluding diaryl/α,β-unsaturated/α-hetero) is 1. The van der Waals surface area contributed by atoms with Crippen LogP contribution in [0, 0.1) is 11.8 Å². The molecular formula is C15H20O4. The van der Waals surface area contributed by atoms with Crippen LogP contribution in [0.25, 0.3) is 0 Å². The molecule has 0 saturated carbocycles. The van der Waals surface area contributed by atoms with E-state index < -0.39 is 0 Å². The lowest BCUT2D eigenvalue weighted by atomic mass is 9.89. The van der Waals surface area contributed by atoms with Crippen LogP contribution in [-0.4, -0.2) is 26.0 Å². The molecule has 1 aromatic rings. The molecule has 1 aromatic carbocycles. The van der Waals surface area contributed by atoms with Crippen LogP contribution < -0.4 is 4.74 Å². The molecule has 0 aliphatic rings. The minimum Gasteiger partial charge on any atom is -0.497 e. The van der Waals surface area contributed by atoms with Crippen molar-refractivity contribution in [3.8, 4) is 5.75 Å². The zero-order valence-corrected chi connectivity index (χ0v) is 11.8. The minimum absolute atomic E-state index is 0.0194. The van der Waals surface area contributed by atoms with Crippen molar-refractivity contribution in [3.63, 3.8) is 0 Å². The Balaban J connectivity index is 2.65. The van der Waals surface area contributed by atoms with E-state index in [1.807, 2.05) is 6.92 Å². The molecule has 0 amide bonds. The Morgan fingerprint density at radius 1 is 1.11 bits per heavy atom. The number of carbonyl (C=O) groups excluding carboxylic acids is 2. The van der Waals surface area contributed by atoms with Crippen molar-refractivity contribution in [3.05, 3.63) is 29.8 Å². The Morgan fingerprint density at radius 3 is 2.16 bits per heavy atom. The van der Waals surface area contributed by atoms with E-state index in [0.717, 1.165) is 0 Å².